The third-order valence-electron chi connectivity index (χ3n) is 3.54. The molecule has 6 heteroatoms. The van der Waals surface area contributed by atoms with Crippen LogP contribution in [0.5, 0.6) is 5.75 Å². The van der Waals surface area contributed by atoms with Gasteiger partial charge in [-0.15, -0.1) is 11.3 Å². The summed E-state index contributed by atoms with van der Waals surface area (Å²) in [5.41, 5.74) is 1.88. The van der Waals surface area contributed by atoms with E-state index in [-0.39, 0.29) is 11.0 Å². The Hall–Kier alpha value is -2.96. The molecule has 0 bridgehead atoms. The molecule has 0 aliphatic rings. The number of rotatable bonds is 6. The molecular weight excluding hydrogens is 376 g/mol. The van der Waals surface area contributed by atoms with Gasteiger partial charge in [-0.05, 0) is 59.6 Å². The number of amides is 1. The van der Waals surface area contributed by atoms with E-state index in [1.807, 2.05) is 72.1 Å². The van der Waals surface area contributed by atoms with Crippen molar-refractivity contribution in [1.29, 1.82) is 0 Å². The van der Waals surface area contributed by atoms with Crippen LogP contribution in [-0.4, -0.2) is 11.0 Å². The number of hydrogen-bond acceptors (Lipinski definition) is 4. The van der Waals surface area contributed by atoms with Gasteiger partial charge in [0.1, 0.15) is 12.4 Å². The molecule has 0 aliphatic carbocycles. The highest BCUT2D eigenvalue weighted by atomic mass is 32.1. The van der Waals surface area contributed by atoms with Gasteiger partial charge in [0.15, 0.2) is 5.11 Å². The van der Waals surface area contributed by atoms with E-state index in [0.717, 1.165) is 21.9 Å². The molecule has 4 nitrogen and oxygen atoms in total. The maximum Gasteiger partial charge on any atom is 0.250 e. The predicted octanol–water partition coefficient (Wildman–Crippen LogP) is 4.85. The molecule has 0 saturated heterocycles. The lowest BCUT2D eigenvalue weighted by Crippen LogP contribution is -2.32. The van der Waals surface area contributed by atoms with Gasteiger partial charge in [-0.25, -0.2) is 0 Å². The summed E-state index contributed by atoms with van der Waals surface area (Å²) in [5, 5.41) is 7.80. The Morgan fingerprint density at radius 2 is 1.81 bits per heavy atom. The maximum atomic E-state index is 11.9. The molecule has 136 valence electrons. The molecule has 0 radical (unpaired) electrons. The van der Waals surface area contributed by atoms with Crippen LogP contribution in [0.3, 0.4) is 0 Å². The zero-order valence-electron chi connectivity index (χ0n) is 14.4. The van der Waals surface area contributed by atoms with E-state index >= 15 is 0 Å². The number of carbonyl (C=O) groups is 1. The van der Waals surface area contributed by atoms with Crippen molar-refractivity contribution in [3.05, 3.63) is 88.6 Å². The van der Waals surface area contributed by atoms with E-state index in [9.17, 15) is 4.79 Å². The van der Waals surface area contributed by atoms with Crippen molar-refractivity contribution in [2.24, 2.45) is 0 Å². The largest absolute Gasteiger partial charge is 0.489 e. The van der Waals surface area contributed by atoms with Gasteiger partial charge >= 0.3 is 0 Å². The van der Waals surface area contributed by atoms with Gasteiger partial charge in [-0.3, -0.25) is 10.1 Å². The number of ether oxygens (including phenoxy) is 1. The Bertz CT molecular complexity index is 905. The van der Waals surface area contributed by atoms with E-state index in [4.69, 9.17) is 17.0 Å². The topological polar surface area (TPSA) is 50.4 Å². The second kappa shape index (κ2) is 9.66. The third kappa shape index (κ3) is 6.36. The van der Waals surface area contributed by atoms with E-state index in [1.165, 1.54) is 6.08 Å². The average molecular weight is 395 g/mol. The van der Waals surface area contributed by atoms with Crippen molar-refractivity contribution in [3.8, 4) is 5.75 Å². The average Bonchev–Trinajstić information content (AvgIpc) is 3.20. The highest BCUT2D eigenvalue weighted by molar-refractivity contribution is 7.80. The van der Waals surface area contributed by atoms with Gasteiger partial charge in [0.25, 0.3) is 0 Å². The minimum absolute atomic E-state index is 0.244. The molecule has 0 unspecified atom stereocenters. The van der Waals surface area contributed by atoms with Crippen LogP contribution in [0.4, 0.5) is 5.69 Å². The molecular formula is C21H18N2O2S2. The van der Waals surface area contributed by atoms with Crippen LogP contribution in [0.25, 0.3) is 6.08 Å². The Morgan fingerprint density at radius 3 is 2.52 bits per heavy atom. The monoisotopic (exact) mass is 394 g/mol. The number of anilines is 1. The van der Waals surface area contributed by atoms with Gasteiger partial charge in [0.05, 0.1) is 0 Å². The molecule has 0 spiro atoms. The fourth-order valence-corrected chi connectivity index (χ4v) is 3.07. The zero-order chi connectivity index (χ0) is 18.9. The first-order valence-corrected chi connectivity index (χ1v) is 9.58. The van der Waals surface area contributed by atoms with Crippen molar-refractivity contribution < 1.29 is 9.53 Å². The minimum atomic E-state index is -0.274. The van der Waals surface area contributed by atoms with Crippen LogP contribution in [0, 0.1) is 0 Å². The summed E-state index contributed by atoms with van der Waals surface area (Å²) in [7, 11) is 0. The second-order valence-electron chi connectivity index (χ2n) is 5.59. The van der Waals surface area contributed by atoms with Crippen LogP contribution in [0.1, 0.15) is 10.4 Å². The van der Waals surface area contributed by atoms with Gasteiger partial charge in [-0.2, -0.15) is 0 Å². The SMILES string of the molecule is O=C(/C=C/c1cccs1)NC(=S)Nc1ccc(OCc2ccccc2)cc1. The van der Waals surface area contributed by atoms with Crippen LogP contribution < -0.4 is 15.4 Å². The summed E-state index contributed by atoms with van der Waals surface area (Å²) in [6, 6.07) is 21.2. The molecule has 0 fully saturated rings. The van der Waals surface area contributed by atoms with E-state index in [0.29, 0.717) is 6.61 Å². The molecule has 3 rings (SSSR count). The zero-order valence-corrected chi connectivity index (χ0v) is 16.1. The lowest BCUT2D eigenvalue weighted by molar-refractivity contribution is -0.115. The van der Waals surface area contributed by atoms with Crippen LogP contribution >= 0.6 is 23.6 Å². The number of nitrogens with one attached hydrogen (secondary N) is 2. The fourth-order valence-electron chi connectivity index (χ4n) is 2.24. The van der Waals surface area contributed by atoms with Crippen molar-refractivity contribution in [2.45, 2.75) is 6.61 Å². The molecule has 1 aromatic heterocycles. The van der Waals surface area contributed by atoms with Crippen molar-refractivity contribution in [2.75, 3.05) is 5.32 Å². The minimum Gasteiger partial charge on any atom is -0.489 e. The summed E-state index contributed by atoms with van der Waals surface area (Å²) in [4.78, 5) is 12.9. The Kier molecular flexibility index (Phi) is 6.73. The molecule has 0 saturated carbocycles. The molecule has 2 aromatic carbocycles. The van der Waals surface area contributed by atoms with Crippen molar-refractivity contribution in [1.82, 2.24) is 5.32 Å². The van der Waals surface area contributed by atoms with Gasteiger partial charge < -0.3 is 10.1 Å². The van der Waals surface area contributed by atoms with Gasteiger partial charge in [0, 0.05) is 16.6 Å². The number of benzene rings is 2. The summed E-state index contributed by atoms with van der Waals surface area (Å²) >= 11 is 6.73. The molecule has 27 heavy (non-hydrogen) atoms. The number of carbonyl (C=O) groups excluding carboxylic acids is 1. The molecule has 1 amide bonds. The molecule has 1 heterocycles. The first-order chi connectivity index (χ1) is 13.2. The second-order valence-corrected chi connectivity index (χ2v) is 6.98. The number of thiophene rings is 1. The first-order valence-electron chi connectivity index (χ1n) is 8.29. The number of thiocarbonyl (C=S) groups is 1. The van der Waals surface area contributed by atoms with E-state index in [2.05, 4.69) is 10.6 Å². The highest BCUT2D eigenvalue weighted by Gasteiger charge is 2.03. The number of hydrogen-bond donors (Lipinski definition) is 2. The van der Waals surface area contributed by atoms with E-state index < -0.39 is 0 Å². The van der Waals surface area contributed by atoms with Gasteiger partial charge in [0.2, 0.25) is 5.91 Å². The fraction of sp³-hybridized carbons (Fsp3) is 0.0476. The van der Waals surface area contributed by atoms with Crippen molar-refractivity contribution in [3.63, 3.8) is 0 Å². The standard InChI is InChI=1S/C21H18N2O2S2/c24-20(13-12-19-7-4-14-27-19)23-21(26)22-17-8-10-18(11-9-17)25-15-16-5-2-1-3-6-16/h1-14H,15H2,(H2,22,23,24,26)/b13-12+. The third-order valence-corrected chi connectivity index (χ3v) is 4.58. The van der Waals surface area contributed by atoms with Crippen molar-refractivity contribution >= 4 is 46.3 Å². The Morgan fingerprint density at radius 1 is 1.04 bits per heavy atom. The predicted molar refractivity (Wildman–Crippen MR) is 115 cm³/mol. The van der Waals surface area contributed by atoms with Gasteiger partial charge in [-0.1, -0.05) is 36.4 Å². The molecule has 2 N–H and O–H groups in total. The normalized spacial score (nSPS) is 10.5. The maximum absolute atomic E-state index is 11.9. The lowest BCUT2D eigenvalue weighted by Gasteiger charge is -2.10. The summed E-state index contributed by atoms with van der Waals surface area (Å²) in [6.07, 6.45) is 3.21. The summed E-state index contributed by atoms with van der Waals surface area (Å²) in [5.74, 6) is 0.488. The first kappa shape index (κ1) is 18.8. The Balaban J connectivity index is 1.46. The molecule has 0 atom stereocenters. The highest BCUT2D eigenvalue weighted by Crippen LogP contribution is 2.17. The summed E-state index contributed by atoms with van der Waals surface area (Å²) < 4.78 is 5.75. The lowest BCUT2D eigenvalue weighted by atomic mass is 10.2. The summed E-state index contributed by atoms with van der Waals surface area (Å²) in [6.45, 7) is 0.513. The van der Waals surface area contributed by atoms with Crippen LogP contribution in [0.2, 0.25) is 0 Å². The molecule has 3 aromatic rings. The smallest absolute Gasteiger partial charge is 0.250 e. The Labute approximate surface area is 167 Å². The van der Waals surface area contributed by atoms with Crippen LogP contribution in [-0.2, 0) is 11.4 Å². The molecule has 0 aliphatic heterocycles. The quantitative estimate of drug-likeness (QED) is 0.463. The van der Waals surface area contributed by atoms with E-state index in [1.54, 1.807) is 17.4 Å². The van der Waals surface area contributed by atoms with Crippen LogP contribution in [0.15, 0.2) is 78.2 Å².